The van der Waals surface area contributed by atoms with Crippen LogP contribution in [0.25, 0.3) is 0 Å². The Kier molecular flexibility index (Phi) is 3.22. The molecule has 0 radical (unpaired) electrons. The number of aromatic nitrogens is 1. The second-order valence-corrected chi connectivity index (χ2v) is 3.10. The maximum Gasteiger partial charge on any atom is 0.293 e. The van der Waals surface area contributed by atoms with Gasteiger partial charge in [0, 0.05) is 6.20 Å². The predicted octanol–water partition coefficient (Wildman–Crippen LogP) is 2.08. The Bertz CT molecular complexity index is 278. The van der Waals surface area contributed by atoms with Gasteiger partial charge in [-0.15, -0.1) is 0 Å². The molecule has 1 aromatic heterocycles. The van der Waals surface area contributed by atoms with Crippen molar-refractivity contribution in [3.05, 3.63) is 28.5 Å². The van der Waals surface area contributed by atoms with E-state index in [4.69, 9.17) is 4.74 Å². The van der Waals surface area contributed by atoms with Crippen LogP contribution in [0.3, 0.4) is 0 Å². The Hall–Kier alpha value is -0.900. The molecule has 1 aromatic rings. The molecule has 0 aliphatic rings. The van der Waals surface area contributed by atoms with Crippen LogP contribution in [0.1, 0.15) is 18.6 Å². The molecule has 64 valence electrons. The van der Waals surface area contributed by atoms with E-state index < -0.39 is 0 Å². The highest BCUT2D eigenvalue weighted by Gasteiger charge is 2.04. The van der Waals surface area contributed by atoms with Gasteiger partial charge >= 0.3 is 0 Å². The molecule has 3 nitrogen and oxygen atoms in total. The predicted molar refractivity (Wildman–Crippen MR) is 47.5 cm³/mol. The Balaban J connectivity index is 2.80. The lowest BCUT2D eigenvalue weighted by molar-refractivity contribution is -0.133. The number of ether oxygens (including phenoxy) is 1. The summed E-state index contributed by atoms with van der Waals surface area (Å²) in [5.74, 6) is 0. The standard InChI is InChI=1S/C8H8BrNO2/c1-6(12-5-11)7-2-3-10-8(9)4-7/h2-6H,1H3. The van der Waals surface area contributed by atoms with E-state index in [1.807, 2.05) is 6.07 Å². The summed E-state index contributed by atoms with van der Waals surface area (Å²) in [7, 11) is 0. The molecule has 0 fully saturated rings. The van der Waals surface area contributed by atoms with Crippen LogP contribution in [-0.4, -0.2) is 11.5 Å². The summed E-state index contributed by atoms with van der Waals surface area (Å²) >= 11 is 3.23. The monoisotopic (exact) mass is 229 g/mol. The molecule has 0 bridgehead atoms. The molecule has 0 aliphatic heterocycles. The van der Waals surface area contributed by atoms with E-state index in [1.165, 1.54) is 0 Å². The van der Waals surface area contributed by atoms with Crippen molar-refractivity contribution in [2.45, 2.75) is 13.0 Å². The molecule has 0 saturated carbocycles. The SMILES string of the molecule is CC(OC=O)c1ccnc(Br)c1. The van der Waals surface area contributed by atoms with Gasteiger partial charge in [-0.25, -0.2) is 4.98 Å². The fourth-order valence-electron chi connectivity index (χ4n) is 0.832. The number of hydrogen-bond acceptors (Lipinski definition) is 3. The van der Waals surface area contributed by atoms with Gasteiger partial charge in [0.25, 0.3) is 6.47 Å². The second kappa shape index (κ2) is 4.21. The molecule has 12 heavy (non-hydrogen) atoms. The first-order valence-electron chi connectivity index (χ1n) is 3.44. The maximum absolute atomic E-state index is 10.0. The van der Waals surface area contributed by atoms with Gasteiger partial charge in [-0.1, -0.05) is 0 Å². The number of nitrogens with zero attached hydrogens (tertiary/aromatic N) is 1. The fraction of sp³-hybridized carbons (Fsp3) is 0.250. The van der Waals surface area contributed by atoms with E-state index in [0.717, 1.165) is 10.2 Å². The van der Waals surface area contributed by atoms with Gasteiger partial charge in [-0.05, 0) is 40.5 Å². The molecule has 0 aromatic carbocycles. The molecule has 0 spiro atoms. The van der Waals surface area contributed by atoms with Crippen molar-refractivity contribution in [1.82, 2.24) is 4.98 Å². The van der Waals surface area contributed by atoms with E-state index in [0.29, 0.717) is 6.47 Å². The summed E-state index contributed by atoms with van der Waals surface area (Å²) in [5, 5.41) is 0. The normalized spacial score (nSPS) is 12.2. The first-order valence-corrected chi connectivity index (χ1v) is 4.24. The Morgan fingerprint density at radius 3 is 3.08 bits per heavy atom. The van der Waals surface area contributed by atoms with Crippen LogP contribution in [0.5, 0.6) is 0 Å². The summed E-state index contributed by atoms with van der Waals surface area (Å²) in [6.45, 7) is 2.25. The molecule has 1 heterocycles. The minimum absolute atomic E-state index is 0.221. The summed E-state index contributed by atoms with van der Waals surface area (Å²) in [5.41, 5.74) is 0.920. The molecule has 0 saturated heterocycles. The van der Waals surface area contributed by atoms with Crippen LogP contribution in [0, 0.1) is 0 Å². The van der Waals surface area contributed by atoms with Crippen LogP contribution in [0.15, 0.2) is 22.9 Å². The van der Waals surface area contributed by atoms with Crippen LogP contribution in [-0.2, 0) is 9.53 Å². The number of hydrogen-bond donors (Lipinski definition) is 0. The van der Waals surface area contributed by atoms with Gasteiger partial charge in [0.05, 0.1) is 0 Å². The van der Waals surface area contributed by atoms with Gasteiger partial charge < -0.3 is 4.74 Å². The molecule has 0 N–H and O–H groups in total. The fourth-order valence-corrected chi connectivity index (χ4v) is 1.21. The van der Waals surface area contributed by atoms with Crippen LogP contribution in [0.4, 0.5) is 0 Å². The molecule has 0 amide bonds. The topological polar surface area (TPSA) is 39.2 Å². The highest BCUT2D eigenvalue weighted by Crippen LogP contribution is 2.17. The summed E-state index contributed by atoms with van der Waals surface area (Å²) in [6.07, 6.45) is 1.44. The van der Waals surface area contributed by atoms with Crippen molar-refractivity contribution < 1.29 is 9.53 Å². The third kappa shape index (κ3) is 2.30. The van der Waals surface area contributed by atoms with E-state index in [9.17, 15) is 4.79 Å². The molecule has 0 aliphatic carbocycles. The lowest BCUT2D eigenvalue weighted by Gasteiger charge is -2.08. The second-order valence-electron chi connectivity index (χ2n) is 2.29. The first kappa shape index (κ1) is 9.19. The number of pyridine rings is 1. The van der Waals surface area contributed by atoms with Crippen molar-refractivity contribution in [2.75, 3.05) is 0 Å². The van der Waals surface area contributed by atoms with Crippen LogP contribution in [0.2, 0.25) is 0 Å². The van der Waals surface area contributed by atoms with Gasteiger partial charge in [0.15, 0.2) is 0 Å². The average molecular weight is 230 g/mol. The van der Waals surface area contributed by atoms with Crippen molar-refractivity contribution in [2.24, 2.45) is 0 Å². The zero-order valence-corrected chi connectivity index (χ0v) is 8.11. The number of rotatable bonds is 3. The Morgan fingerprint density at radius 1 is 1.75 bits per heavy atom. The molecular formula is C8H8BrNO2. The molecule has 1 atom stereocenters. The lowest BCUT2D eigenvalue weighted by atomic mass is 10.2. The van der Waals surface area contributed by atoms with E-state index in [2.05, 4.69) is 20.9 Å². The van der Waals surface area contributed by atoms with Crippen LogP contribution >= 0.6 is 15.9 Å². The zero-order valence-electron chi connectivity index (χ0n) is 6.53. The molecule has 1 unspecified atom stereocenters. The maximum atomic E-state index is 10.0. The van der Waals surface area contributed by atoms with E-state index in [1.54, 1.807) is 19.2 Å². The Morgan fingerprint density at radius 2 is 2.50 bits per heavy atom. The van der Waals surface area contributed by atoms with E-state index >= 15 is 0 Å². The summed E-state index contributed by atoms with van der Waals surface area (Å²) in [4.78, 5) is 14.0. The van der Waals surface area contributed by atoms with Crippen molar-refractivity contribution in [3.63, 3.8) is 0 Å². The van der Waals surface area contributed by atoms with Crippen LogP contribution < -0.4 is 0 Å². The quantitative estimate of drug-likeness (QED) is 0.589. The minimum Gasteiger partial charge on any atom is -0.460 e. The van der Waals surface area contributed by atoms with E-state index in [-0.39, 0.29) is 6.10 Å². The average Bonchev–Trinajstić information content (AvgIpc) is 2.05. The number of carbonyl (C=O) groups is 1. The van der Waals surface area contributed by atoms with Gasteiger partial charge in [0.2, 0.25) is 0 Å². The third-order valence-corrected chi connectivity index (χ3v) is 1.91. The third-order valence-electron chi connectivity index (χ3n) is 1.48. The highest BCUT2D eigenvalue weighted by molar-refractivity contribution is 9.10. The van der Waals surface area contributed by atoms with Crippen molar-refractivity contribution in [1.29, 1.82) is 0 Å². The van der Waals surface area contributed by atoms with Crippen molar-refractivity contribution in [3.8, 4) is 0 Å². The molecule has 1 rings (SSSR count). The summed E-state index contributed by atoms with van der Waals surface area (Å²) < 4.78 is 5.49. The molecular weight excluding hydrogens is 222 g/mol. The van der Waals surface area contributed by atoms with Crippen molar-refractivity contribution >= 4 is 22.4 Å². The van der Waals surface area contributed by atoms with Gasteiger partial charge in [0.1, 0.15) is 10.7 Å². The zero-order chi connectivity index (χ0) is 8.97. The first-order chi connectivity index (χ1) is 5.74. The minimum atomic E-state index is -0.221. The molecule has 4 heteroatoms. The smallest absolute Gasteiger partial charge is 0.293 e. The number of carbonyl (C=O) groups excluding carboxylic acids is 1. The number of halogens is 1. The lowest BCUT2D eigenvalue weighted by Crippen LogP contribution is -1.98. The highest BCUT2D eigenvalue weighted by atomic mass is 79.9. The van der Waals surface area contributed by atoms with Gasteiger partial charge in [-0.3, -0.25) is 4.79 Å². The summed E-state index contributed by atoms with van der Waals surface area (Å²) in [6, 6.07) is 3.62. The van der Waals surface area contributed by atoms with Gasteiger partial charge in [-0.2, -0.15) is 0 Å². The Labute approximate surface area is 78.9 Å². The largest absolute Gasteiger partial charge is 0.460 e.